The molecule has 688 valence electrons. The molecule has 0 amide bonds. The lowest BCUT2D eigenvalue weighted by atomic mass is 9.56. The first kappa shape index (κ1) is 97.0. The Morgan fingerprint density at radius 2 is 1.10 bits per heavy atom. The van der Waals surface area contributed by atoms with Crippen LogP contribution in [0.1, 0.15) is 210 Å². The first-order chi connectivity index (χ1) is 60.9. The van der Waals surface area contributed by atoms with Crippen molar-refractivity contribution >= 4 is 121 Å². The van der Waals surface area contributed by atoms with Crippen molar-refractivity contribution in [3.63, 3.8) is 0 Å². The van der Waals surface area contributed by atoms with Crippen molar-refractivity contribution in [2.75, 3.05) is 88.9 Å². The van der Waals surface area contributed by atoms with Crippen LogP contribution in [0.15, 0.2) is 99.0 Å². The summed E-state index contributed by atoms with van der Waals surface area (Å²) in [6, 6.07) is 7.04. The van der Waals surface area contributed by atoms with Gasteiger partial charge in [-0.25, -0.2) is 14.6 Å². The number of carbonyl (C=O) groups is 9. The molecule has 7 aliphatic rings. The number of carboxylic acid groups (broad SMARTS) is 1. The zero-order chi connectivity index (χ0) is 93.1. The van der Waals surface area contributed by atoms with Gasteiger partial charge in [0, 0.05) is 146 Å². The fourth-order valence-corrected chi connectivity index (χ4v) is 19.8. The number of fused-ring (bicyclic) bond motifs is 14. The molecule has 128 heavy (non-hydrogen) atoms. The second-order valence-electron chi connectivity index (χ2n) is 35.2. The first-order valence-electron chi connectivity index (χ1n) is 43.6. The molecule has 11 heterocycles. The van der Waals surface area contributed by atoms with Gasteiger partial charge in [0.1, 0.15) is 18.9 Å². The molecule has 0 radical (unpaired) electrons. The third kappa shape index (κ3) is 20.4. The largest absolute Gasteiger partial charge is 0.481 e. The second-order valence-corrected chi connectivity index (χ2v) is 35.2. The van der Waals surface area contributed by atoms with E-state index in [-0.39, 0.29) is 143 Å². The lowest BCUT2D eigenvalue weighted by molar-refractivity contribution is -0.148. The highest BCUT2D eigenvalue weighted by Crippen LogP contribution is 2.63. The summed E-state index contributed by atoms with van der Waals surface area (Å²) in [6.45, 7) is 33.2. The minimum Gasteiger partial charge on any atom is -0.481 e. The van der Waals surface area contributed by atoms with Crippen LogP contribution >= 0.6 is 0 Å². The molecule has 1 saturated heterocycles. The van der Waals surface area contributed by atoms with Crippen LogP contribution in [0.4, 0.5) is 0 Å². The number of methoxy groups -OCH3 is 6. The molecule has 32 nitrogen and oxygen atoms in total. The van der Waals surface area contributed by atoms with Gasteiger partial charge in [0.2, 0.25) is 0 Å². The molecule has 32 heteroatoms. The van der Waals surface area contributed by atoms with Crippen molar-refractivity contribution in [1.29, 1.82) is 0 Å². The summed E-state index contributed by atoms with van der Waals surface area (Å²) in [6.07, 6.45) is 7.37. The minimum absolute atomic E-state index is 0.0162. The highest BCUT2D eigenvalue weighted by Gasteiger charge is 2.67. The van der Waals surface area contributed by atoms with Gasteiger partial charge in [-0.3, -0.25) is 58.1 Å². The standard InChI is InChI=1S/C96H123N11O21/c1-21-60-53(3)68-44-69-55(5)62(23-28-78(108)109)74(99-69)47-75-63(56(6)71(100-75)46-73-61(22-2)54(4)70(98-73)45-72(60)97-68)24-29-83(114)127-42-41-126-40-39-125-38-37-124-36-35-107-51-59(105-106-107)52-128-86(117)49-94(12)64(25-30-79(110)118-15)76-48-77-92(9,10)65(26-31-80(111)119-16)87(102-77)57(7)89-93(11,34-33-82(113)121-18)67(43-84(115)122-19)91(103-89)96(14)95(13,50-85(116)123-20)66(27-32-81(112)120-17)88(104-96)58(8)90(94)101-76/h21-22,44-48,51,64-67,91,97,100,103H,1-2,23-43,49-50,52H2,3-20H3,(H,108,109)/b68-44?,69-44?,70-45?,71-46?,72-45?,73-46?,74-47?,75-47?,77-48-,89-57-,90-58-/t64-,65-,66-,67+,91?,93-,94+,95+,96+/m1/s1. The fourth-order valence-electron chi connectivity index (χ4n) is 19.8. The van der Waals surface area contributed by atoms with Gasteiger partial charge < -0.3 is 72.5 Å². The lowest BCUT2D eigenvalue weighted by Gasteiger charge is -2.48. The molecule has 4 aromatic rings. The summed E-state index contributed by atoms with van der Waals surface area (Å²) >= 11 is 0. The van der Waals surface area contributed by atoms with Gasteiger partial charge in [0.25, 0.3) is 0 Å². The van der Waals surface area contributed by atoms with Gasteiger partial charge in [-0.15, -0.1) is 5.10 Å². The Balaban J connectivity index is 0.756. The molecule has 4 aromatic heterocycles. The topological polar surface area (TPSA) is 413 Å². The molecule has 0 aliphatic carbocycles. The number of hydrogen-bond donors (Lipinski definition) is 4. The molecule has 4 N–H and O–H groups in total. The number of aromatic amines is 2. The van der Waals surface area contributed by atoms with Crippen LogP contribution in [0, 0.1) is 59.2 Å². The summed E-state index contributed by atoms with van der Waals surface area (Å²) in [5, 5.41) is 22.3. The van der Waals surface area contributed by atoms with Crippen molar-refractivity contribution in [3.8, 4) is 0 Å². The normalized spacial score (nSPS) is 24.2. The highest BCUT2D eigenvalue weighted by molar-refractivity contribution is 6.10. The lowest BCUT2D eigenvalue weighted by Crippen LogP contribution is -2.58. The second kappa shape index (κ2) is 41.2. The van der Waals surface area contributed by atoms with Crippen LogP contribution in [-0.2, 0) is 115 Å². The Morgan fingerprint density at radius 3 is 1.73 bits per heavy atom. The van der Waals surface area contributed by atoms with E-state index in [1.165, 1.54) is 42.7 Å². The number of ether oxygens (including phenoxy) is 11. The molecule has 0 aromatic carbocycles. The number of aliphatic imine (C=N–C) groups is 3. The van der Waals surface area contributed by atoms with E-state index in [0.717, 1.165) is 72.3 Å². The number of hydrogen-bond acceptors (Lipinski definition) is 28. The predicted molar refractivity (Wildman–Crippen MR) is 480 cm³/mol. The molecular formula is C96H123N11O21. The summed E-state index contributed by atoms with van der Waals surface area (Å²) in [5.41, 5.74) is 11.9. The minimum atomic E-state index is -1.43. The van der Waals surface area contributed by atoms with Crippen LogP contribution in [0.2, 0.25) is 0 Å². The number of aliphatic carboxylic acids is 1. The maximum absolute atomic E-state index is 15.0. The Bertz CT molecular complexity index is 5490. The molecule has 16 bridgehead atoms. The van der Waals surface area contributed by atoms with Gasteiger partial charge in [-0.2, -0.15) is 0 Å². The van der Waals surface area contributed by atoms with Crippen LogP contribution in [0.25, 0.3) is 50.4 Å². The Morgan fingerprint density at radius 1 is 0.531 bits per heavy atom. The zero-order valence-corrected chi connectivity index (χ0v) is 77.1. The van der Waals surface area contributed by atoms with Crippen molar-refractivity contribution in [2.45, 2.75) is 204 Å². The third-order valence-corrected chi connectivity index (χ3v) is 27.5. The van der Waals surface area contributed by atoms with E-state index in [4.69, 9.17) is 77.1 Å². The first-order valence-corrected chi connectivity index (χ1v) is 43.6. The summed E-state index contributed by atoms with van der Waals surface area (Å²) in [4.78, 5) is 157. The number of nitrogens with one attached hydrogen (secondary N) is 3. The van der Waals surface area contributed by atoms with Gasteiger partial charge in [0.15, 0.2) is 0 Å². The number of carboxylic acids is 1. The molecule has 0 spiro atoms. The summed E-state index contributed by atoms with van der Waals surface area (Å²) in [7, 11) is 7.82. The Labute approximate surface area is 746 Å². The Kier molecular flexibility index (Phi) is 31.2. The number of aryl methyl sites for hydroxylation is 3. The molecule has 11 rings (SSSR count). The van der Waals surface area contributed by atoms with Crippen LogP contribution in [0.5, 0.6) is 0 Å². The molecule has 7 aliphatic heterocycles. The molecular weight excluding hydrogens is 1640 g/mol. The predicted octanol–water partition coefficient (Wildman–Crippen LogP) is 13.7. The number of aromatic nitrogens is 7. The number of H-pyrrole nitrogens is 2. The summed E-state index contributed by atoms with van der Waals surface area (Å²) in [5.74, 6) is -7.78. The van der Waals surface area contributed by atoms with Gasteiger partial charge in [-0.1, -0.05) is 65.1 Å². The number of rotatable bonds is 40. The molecule has 1 fully saturated rings. The maximum Gasteiger partial charge on any atom is 0.307 e. The van der Waals surface area contributed by atoms with Crippen LogP contribution in [-0.4, -0.2) is 211 Å². The average Bonchev–Trinajstić information content (AvgIpc) is 1.52. The van der Waals surface area contributed by atoms with Crippen molar-refractivity contribution in [2.24, 2.45) is 60.3 Å². The SMILES string of the molecule is C=CC1=C(C)c2cc3[nH]c(cc4nc(cc5[nH]c(cc1n2)c(C)c5CCC(=O)OCCOCCOCCOCCn1cc(COC(=O)C[C@]2(C)/C5=C(\C)C6=N[C@@](C)(C7N/C(=C(/C)C8=N/C(=C\C(=N5)[C@H]2CCC(=O)OC)C(C)(C)[C@@H]8CCC(=O)OC)[C@](C)(CCC(=O)OC)[C@H]7CC(=O)OC)[C@@](C)(CC(=O)OC)[C@@H]6CCC(=O)OC)nn1)C(CCC(=O)O)=C4C)c(C)c3C=C. The maximum atomic E-state index is 15.0. The van der Waals surface area contributed by atoms with E-state index in [9.17, 15) is 43.5 Å². The average molecular weight is 1770 g/mol. The molecule has 9 atom stereocenters. The van der Waals surface area contributed by atoms with Crippen LogP contribution < -0.4 is 5.32 Å². The van der Waals surface area contributed by atoms with Crippen LogP contribution in [0.3, 0.4) is 0 Å². The number of allylic oxidation sites excluding steroid dienone is 11. The van der Waals surface area contributed by atoms with E-state index in [1.54, 1.807) is 17.0 Å². The van der Waals surface area contributed by atoms with E-state index >= 15 is 4.79 Å². The van der Waals surface area contributed by atoms with Gasteiger partial charge in [-0.05, 0) is 162 Å². The van der Waals surface area contributed by atoms with E-state index in [2.05, 4.69) is 38.8 Å². The third-order valence-electron chi connectivity index (χ3n) is 27.5. The zero-order valence-electron chi connectivity index (χ0n) is 77.1. The van der Waals surface area contributed by atoms with Crippen molar-refractivity contribution < 1.29 is 100 Å². The summed E-state index contributed by atoms with van der Waals surface area (Å²) < 4.78 is 62.8. The van der Waals surface area contributed by atoms with Crippen molar-refractivity contribution in [3.05, 3.63) is 135 Å². The van der Waals surface area contributed by atoms with E-state index in [1.807, 2.05) is 120 Å². The quantitative estimate of drug-likeness (QED) is 0.0182. The number of esters is 8. The Hall–Kier alpha value is -11.6. The molecule has 1 unspecified atom stereocenters. The van der Waals surface area contributed by atoms with Gasteiger partial charge in [0.05, 0.1) is 154 Å². The highest BCUT2D eigenvalue weighted by atomic mass is 16.6. The smallest absolute Gasteiger partial charge is 0.307 e. The van der Waals surface area contributed by atoms with E-state index in [0.29, 0.717) is 81.1 Å². The fraction of sp³-hybridized carbons (Fsp3) is 0.542. The van der Waals surface area contributed by atoms with E-state index < -0.39 is 111 Å². The number of carbonyl (C=O) groups excluding carboxylic acids is 8. The number of nitrogens with zero attached hydrogens (tertiary/aromatic N) is 8. The van der Waals surface area contributed by atoms with Gasteiger partial charge >= 0.3 is 53.7 Å². The monoisotopic (exact) mass is 1770 g/mol. The van der Waals surface area contributed by atoms with Crippen molar-refractivity contribution in [1.82, 2.24) is 40.2 Å². The molecule has 0 saturated carbocycles.